The van der Waals surface area contributed by atoms with E-state index in [1.807, 2.05) is 0 Å². The summed E-state index contributed by atoms with van der Waals surface area (Å²) in [6.45, 7) is 0.117. The number of rotatable bonds is 3. The first-order chi connectivity index (χ1) is 4.84. The highest BCUT2D eigenvalue weighted by Crippen LogP contribution is 2.12. The Kier molecular flexibility index (Phi) is 4.94. The fraction of sp³-hybridized carbons (Fsp3) is 0.429. The molecule has 0 saturated heterocycles. The van der Waals surface area contributed by atoms with E-state index in [1.54, 1.807) is 18.6 Å². The summed E-state index contributed by atoms with van der Waals surface area (Å²) < 4.78 is 4.82. The Bertz CT molecular complexity index is 177. The molecule has 0 aromatic carbocycles. The van der Waals surface area contributed by atoms with Gasteiger partial charge in [0.1, 0.15) is 0 Å². The second-order valence-electron chi connectivity index (χ2n) is 2.18. The summed E-state index contributed by atoms with van der Waals surface area (Å²) in [5.41, 5.74) is 6.57. The van der Waals surface area contributed by atoms with Gasteiger partial charge in [-0.05, 0) is 12.5 Å². The molecule has 0 radical (unpaired) electrons. The zero-order valence-electron chi connectivity index (χ0n) is 6.06. The number of hydrogen-bond acceptors (Lipinski definition) is 3. The van der Waals surface area contributed by atoms with Gasteiger partial charge < -0.3 is 15.3 Å². The van der Waals surface area contributed by atoms with E-state index in [0.29, 0.717) is 6.42 Å². The lowest BCUT2D eigenvalue weighted by atomic mass is 10.1. The molecule has 64 valence electrons. The molecule has 4 heteroatoms. The van der Waals surface area contributed by atoms with Gasteiger partial charge in [-0.3, -0.25) is 0 Å². The lowest BCUT2D eigenvalue weighted by molar-refractivity contribution is 0.276. The summed E-state index contributed by atoms with van der Waals surface area (Å²) in [7, 11) is 0. The third kappa shape index (κ3) is 2.93. The largest absolute Gasteiger partial charge is 0.472 e. The molecule has 0 aliphatic heterocycles. The van der Waals surface area contributed by atoms with Crippen LogP contribution < -0.4 is 5.73 Å². The maximum atomic E-state index is 8.52. The van der Waals surface area contributed by atoms with Gasteiger partial charge in [0.05, 0.1) is 12.5 Å². The zero-order chi connectivity index (χ0) is 7.40. The Hall–Kier alpha value is -0.510. The van der Waals surface area contributed by atoms with Crippen molar-refractivity contribution in [2.75, 3.05) is 6.61 Å². The molecule has 1 heterocycles. The Balaban J connectivity index is 0.000001000. The minimum atomic E-state index is -0.0938. The van der Waals surface area contributed by atoms with Gasteiger partial charge in [0.2, 0.25) is 0 Å². The highest BCUT2D eigenvalue weighted by Gasteiger charge is 2.04. The van der Waals surface area contributed by atoms with Crippen molar-refractivity contribution < 1.29 is 9.52 Å². The molecule has 0 aliphatic carbocycles. The molecule has 1 atom stereocenters. The van der Waals surface area contributed by atoms with Gasteiger partial charge >= 0.3 is 0 Å². The van der Waals surface area contributed by atoms with Crippen molar-refractivity contribution in [3.8, 4) is 0 Å². The monoisotopic (exact) mass is 177 g/mol. The predicted molar refractivity (Wildman–Crippen MR) is 44.6 cm³/mol. The third-order valence-electron chi connectivity index (χ3n) is 1.41. The van der Waals surface area contributed by atoms with Crippen molar-refractivity contribution in [1.82, 2.24) is 0 Å². The summed E-state index contributed by atoms with van der Waals surface area (Å²) in [5, 5.41) is 8.52. The fourth-order valence-corrected chi connectivity index (χ4v) is 0.792. The number of nitrogens with two attached hydrogens (primary N) is 1. The lowest BCUT2D eigenvalue weighted by Gasteiger charge is -2.04. The summed E-state index contributed by atoms with van der Waals surface area (Å²) in [6, 6.07) is 1.71. The van der Waals surface area contributed by atoms with Crippen molar-refractivity contribution in [1.29, 1.82) is 0 Å². The van der Waals surface area contributed by atoms with Crippen LogP contribution in [0.15, 0.2) is 23.0 Å². The van der Waals surface area contributed by atoms with E-state index in [-0.39, 0.29) is 25.1 Å². The van der Waals surface area contributed by atoms with Gasteiger partial charge in [-0.25, -0.2) is 0 Å². The van der Waals surface area contributed by atoms with Gasteiger partial charge in [0.15, 0.2) is 0 Å². The van der Waals surface area contributed by atoms with Crippen LogP contribution in [0.4, 0.5) is 0 Å². The minimum Gasteiger partial charge on any atom is -0.472 e. The van der Waals surface area contributed by atoms with Crippen LogP contribution in [0.25, 0.3) is 0 Å². The van der Waals surface area contributed by atoms with Crippen LogP contribution in [0.1, 0.15) is 18.0 Å². The molecular formula is C7H12ClNO2. The second-order valence-corrected chi connectivity index (χ2v) is 2.18. The van der Waals surface area contributed by atoms with E-state index in [2.05, 4.69) is 0 Å². The maximum absolute atomic E-state index is 8.52. The first-order valence-electron chi connectivity index (χ1n) is 3.23. The van der Waals surface area contributed by atoms with Crippen LogP contribution in [0.2, 0.25) is 0 Å². The topological polar surface area (TPSA) is 59.4 Å². The SMILES string of the molecule is Cl.N[C@@H](CCO)c1ccoc1. The standard InChI is InChI=1S/C7H11NO2.ClH/c8-7(1-3-9)6-2-4-10-5-6;/h2,4-5,7,9H,1,3,8H2;1H/t7-;/m0./s1. The van der Waals surface area contributed by atoms with E-state index in [9.17, 15) is 0 Å². The molecule has 3 nitrogen and oxygen atoms in total. The molecule has 11 heavy (non-hydrogen) atoms. The summed E-state index contributed by atoms with van der Waals surface area (Å²) in [5.74, 6) is 0. The molecule has 0 unspecified atom stereocenters. The maximum Gasteiger partial charge on any atom is 0.0950 e. The summed E-state index contributed by atoms with van der Waals surface area (Å²) in [4.78, 5) is 0. The number of aliphatic hydroxyl groups is 1. The van der Waals surface area contributed by atoms with E-state index in [1.165, 1.54) is 0 Å². The van der Waals surface area contributed by atoms with Crippen molar-refractivity contribution in [3.05, 3.63) is 24.2 Å². The van der Waals surface area contributed by atoms with E-state index >= 15 is 0 Å². The second kappa shape index (κ2) is 5.18. The van der Waals surface area contributed by atoms with Crippen molar-refractivity contribution >= 4 is 12.4 Å². The first-order valence-corrected chi connectivity index (χ1v) is 3.23. The van der Waals surface area contributed by atoms with Crippen LogP contribution in [0, 0.1) is 0 Å². The first kappa shape index (κ1) is 10.5. The normalized spacial score (nSPS) is 12.2. The molecule has 0 aliphatic rings. The molecule has 0 spiro atoms. The molecule has 0 bridgehead atoms. The Morgan fingerprint density at radius 1 is 1.64 bits per heavy atom. The molecule has 1 aromatic heterocycles. The molecule has 1 aromatic rings. The Labute approximate surface area is 71.6 Å². The Morgan fingerprint density at radius 2 is 2.36 bits per heavy atom. The highest BCUT2D eigenvalue weighted by molar-refractivity contribution is 5.85. The van der Waals surface area contributed by atoms with Crippen LogP contribution in [-0.4, -0.2) is 11.7 Å². The fourth-order valence-electron chi connectivity index (χ4n) is 0.792. The van der Waals surface area contributed by atoms with Gasteiger partial charge in [0.25, 0.3) is 0 Å². The lowest BCUT2D eigenvalue weighted by Crippen LogP contribution is -2.10. The molecule has 0 saturated carbocycles. The van der Waals surface area contributed by atoms with Crippen molar-refractivity contribution in [2.45, 2.75) is 12.5 Å². The highest BCUT2D eigenvalue weighted by atomic mass is 35.5. The van der Waals surface area contributed by atoms with Crippen LogP contribution in [-0.2, 0) is 0 Å². The number of aliphatic hydroxyl groups excluding tert-OH is 1. The molecule has 0 fully saturated rings. The van der Waals surface area contributed by atoms with E-state index < -0.39 is 0 Å². The number of furan rings is 1. The molecule has 1 rings (SSSR count). The number of hydrogen-bond donors (Lipinski definition) is 2. The molecule has 0 amide bonds. The zero-order valence-corrected chi connectivity index (χ0v) is 6.88. The van der Waals surface area contributed by atoms with Crippen LogP contribution in [0.5, 0.6) is 0 Å². The van der Waals surface area contributed by atoms with Crippen LogP contribution >= 0.6 is 12.4 Å². The Morgan fingerprint density at radius 3 is 2.82 bits per heavy atom. The van der Waals surface area contributed by atoms with Crippen molar-refractivity contribution in [2.24, 2.45) is 5.73 Å². The van der Waals surface area contributed by atoms with Crippen LogP contribution in [0.3, 0.4) is 0 Å². The van der Waals surface area contributed by atoms with E-state index in [0.717, 1.165) is 5.56 Å². The average molecular weight is 178 g/mol. The van der Waals surface area contributed by atoms with Gasteiger partial charge in [0, 0.05) is 18.2 Å². The van der Waals surface area contributed by atoms with Gasteiger partial charge in [-0.1, -0.05) is 0 Å². The molecular weight excluding hydrogens is 166 g/mol. The third-order valence-corrected chi connectivity index (χ3v) is 1.41. The minimum absolute atomic E-state index is 0. The quantitative estimate of drug-likeness (QED) is 0.727. The van der Waals surface area contributed by atoms with Gasteiger partial charge in [-0.15, -0.1) is 12.4 Å². The smallest absolute Gasteiger partial charge is 0.0950 e. The summed E-state index contributed by atoms with van der Waals surface area (Å²) in [6.07, 6.45) is 3.76. The average Bonchev–Trinajstić information content (AvgIpc) is 2.38. The summed E-state index contributed by atoms with van der Waals surface area (Å²) >= 11 is 0. The number of halogens is 1. The molecule has 3 N–H and O–H groups in total. The van der Waals surface area contributed by atoms with Gasteiger partial charge in [-0.2, -0.15) is 0 Å². The van der Waals surface area contributed by atoms with E-state index in [4.69, 9.17) is 15.3 Å². The predicted octanol–water partition coefficient (Wildman–Crippen LogP) is 1.08. The van der Waals surface area contributed by atoms with Crippen molar-refractivity contribution in [3.63, 3.8) is 0 Å².